The van der Waals surface area contributed by atoms with E-state index in [9.17, 15) is 14.0 Å². The summed E-state index contributed by atoms with van der Waals surface area (Å²) in [5, 5.41) is 0.575. The maximum atomic E-state index is 13.6. The number of esters is 1. The van der Waals surface area contributed by atoms with Gasteiger partial charge in [0.15, 0.2) is 5.78 Å². The van der Waals surface area contributed by atoms with Gasteiger partial charge in [-0.2, -0.15) is 0 Å². The van der Waals surface area contributed by atoms with Gasteiger partial charge in [0.2, 0.25) is 5.76 Å². The van der Waals surface area contributed by atoms with Crippen LogP contribution in [-0.2, 0) is 0 Å². The second-order valence-corrected chi connectivity index (χ2v) is 5.69. The summed E-state index contributed by atoms with van der Waals surface area (Å²) in [6.07, 6.45) is 4.14. The number of allylic oxidation sites excluding steroid dienone is 1. The minimum absolute atomic E-state index is 0.0237. The molecule has 130 valence electrons. The predicted octanol–water partition coefficient (Wildman–Crippen LogP) is 5.19. The third-order valence-corrected chi connectivity index (χ3v) is 3.68. The Labute approximate surface area is 153 Å². The molecule has 0 unspecified atom stereocenters. The monoisotopic (exact) mass is 370 g/mol. The van der Waals surface area contributed by atoms with Crippen molar-refractivity contribution in [3.63, 3.8) is 0 Å². The average Bonchev–Trinajstić information content (AvgIpc) is 3.17. The molecule has 0 fully saturated rings. The highest BCUT2D eigenvalue weighted by Crippen LogP contribution is 2.23. The fourth-order valence-electron chi connectivity index (χ4n) is 2.16. The number of ether oxygens (including phenoxy) is 1. The van der Waals surface area contributed by atoms with Crippen LogP contribution in [-0.4, -0.2) is 11.8 Å². The number of benzene rings is 2. The zero-order chi connectivity index (χ0) is 18.5. The van der Waals surface area contributed by atoms with Gasteiger partial charge < -0.3 is 9.15 Å². The van der Waals surface area contributed by atoms with Crippen LogP contribution in [0, 0.1) is 5.82 Å². The van der Waals surface area contributed by atoms with Crippen LogP contribution in [0.1, 0.15) is 26.5 Å². The van der Waals surface area contributed by atoms with E-state index in [0.29, 0.717) is 5.02 Å². The molecule has 0 aliphatic heterocycles. The molecule has 4 nitrogen and oxygen atoms in total. The Hall–Kier alpha value is -3.18. The van der Waals surface area contributed by atoms with Gasteiger partial charge in [-0.1, -0.05) is 29.8 Å². The van der Waals surface area contributed by atoms with Crippen LogP contribution >= 0.6 is 11.6 Å². The van der Waals surface area contributed by atoms with Crippen LogP contribution in [0.25, 0.3) is 6.08 Å². The van der Waals surface area contributed by atoms with Crippen molar-refractivity contribution < 1.29 is 23.1 Å². The molecule has 0 aliphatic carbocycles. The predicted molar refractivity (Wildman–Crippen MR) is 94.9 cm³/mol. The fourth-order valence-corrected chi connectivity index (χ4v) is 2.29. The number of carbonyl (C=O) groups is 2. The fraction of sp³-hybridized carbons (Fsp3) is 0. The van der Waals surface area contributed by atoms with E-state index in [-0.39, 0.29) is 17.1 Å². The topological polar surface area (TPSA) is 56.5 Å². The molecule has 0 bridgehead atoms. The highest BCUT2D eigenvalue weighted by Gasteiger charge is 2.17. The lowest BCUT2D eigenvalue weighted by molar-refractivity contribution is 0.0699. The quantitative estimate of drug-likeness (QED) is 0.268. The minimum Gasteiger partial charge on any atom is -0.457 e. The van der Waals surface area contributed by atoms with Crippen molar-refractivity contribution in [1.82, 2.24) is 0 Å². The van der Waals surface area contributed by atoms with E-state index in [1.165, 1.54) is 30.5 Å². The van der Waals surface area contributed by atoms with Gasteiger partial charge in [0.05, 0.1) is 11.8 Å². The van der Waals surface area contributed by atoms with Crippen LogP contribution in [0.2, 0.25) is 5.02 Å². The van der Waals surface area contributed by atoms with Crippen molar-refractivity contribution in [3.8, 4) is 5.75 Å². The first-order valence-corrected chi connectivity index (χ1v) is 7.94. The number of ketones is 1. The molecule has 6 heteroatoms. The Morgan fingerprint density at radius 3 is 2.54 bits per heavy atom. The summed E-state index contributed by atoms with van der Waals surface area (Å²) < 4.78 is 23.7. The molecule has 0 saturated carbocycles. The van der Waals surface area contributed by atoms with Crippen LogP contribution in [0.3, 0.4) is 0 Å². The summed E-state index contributed by atoms with van der Waals surface area (Å²) in [7, 11) is 0. The standard InChI is InChI=1S/C20H12ClFO4/c21-14-6-3-13(4-7-14)5-9-17(23)16-12-15(22)8-10-18(16)26-20(24)19-2-1-11-25-19/h1-12H/b9-5+. The zero-order valence-electron chi connectivity index (χ0n) is 13.3. The largest absolute Gasteiger partial charge is 0.457 e. The zero-order valence-corrected chi connectivity index (χ0v) is 14.1. The van der Waals surface area contributed by atoms with Gasteiger partial charge in [0.1, 0.15) is 11.6 Å². The molecule has 0 radical (unpaired) electrons. The van der Waals surface area contributed by atoms with E-state index in [1.807, 2.05) is 0 Å². The summed E-state index contributed by atoms with van der Waals surface area (Å²) >= 11 is 5.81. The van der Waals surface area contributed by atoms with Gasteiger partial charge in [-0.3, -0.25) is 4.79 Å². The molecule has 1 aromatic heterocycles. The molecule has 0 N–H and O–H groups in total. The van der Waals surface area contributed by atoms with Crippen molar-refractivity contribution in [2.45, 2.75) is 0 Å². The van der Waals surface area contributed by atoms with Crippen molar-refractivity contribution in [1.29, 1.82) is 0 Å². The Morgan fingerprint density at radius 1 is 1.08 bits per heavy atom. The second-order valence-electron chi connectivity index (χ2n) is 5.26. The smallest absolute Gasteiger partial charge is 0.379 e. The molecular formula is C20H12ClFO4. The van der Waals surface area contributed by atoms with Crippen LogP contribution < -0.4 is 4.74 Å². The molecule has 3 rings (SSSR count). The van der Waals surface area contributed by atoms with Gasteiger partial charge in [-0.25, -0.2) is 9.18 Å². The molecule has 2 aromatic carbocycles. The molecule has 26 heavy (non-hydrogen) atoms. The summed E-state index contributed by atoms with van der Waals surface area (Å²) in [5.74, 6) is -1.99. The third kappa shape index (κ3) is 4.26. The first-order chi connectivity index (χ1) is 12.5. The molecule has 0 atom stereocenters. The van der Waals surface area contributed by atoms with Gasteiger partial charge >= 0.3 is 5.97 Å². The maximum absolute atomic E-state index is 13.6. The summed E-state index contributed by atoms with van der Waals surface area (Å²) in [6, 6.07) is 13.1. The number of hydrogen-bond acceptors (Lipinski definition) is 4. The normalized spacial score (nSPS) is 10.8. The lowest BCUT2D eigenvalue weighted by atomic mass is 10.1. The molecular weight excluding hydrogens is 359 g/mol. The van der Waals surface area contributed by atoms with Crippen LogP contribution in [0.5, 0.6) is 5.75 Å². The van der Waals surface area contributed by atoms with Crippen molar-refractivity contribution in [2.75, 3.05) is 0 Å². The summed E-state index contributed by atoms with van der Waals surface area (Å²) in [4.78, 5) is 24.4. The molecule has 3 aromatic rings. The Balaban J connectivity index is 1.83. The number of rotatable bonds is 5. The Bertz CT molecular complexity index is 960. The SMILES string of the molecule is O=C(Oc1ccc(F)cc1C(=O)/C=C/c1ccc(Cl)cc1)c1ccco1. The van der Waals surface area contributed by atoms with E-state index < -0.39 is 17.6 Å². The highest BCUT2D eigenvalue weighted by molar-refractivity contribution is 6.30. The van der Waals surface area contributed by atoms with Gasteiger partial charge in [-0.15, -0.1) is 0 Å². The van der Waals surface area contributed by atoms with Gasteiger partial charge in [0, 0.05) is 5.02 Å². The van der Waals surface area contributed by atoms with Crippen molar-refractivity contribution in [2.24, 2.45) is 0 Å². The number of furan rings is 1. The van der Waals surface area contributed by atoms with Crippen LogP contribution in [0.15, 0.2) is 71.4 Å². The highest BCUT2D eigenvalue weighted by atomic mass is 35.5. The first kappa shape index (κ1) is 17.6. The maximum Gasteiger partial charge on any atom is 0.379 e. The van der Waals surface area contributed by atoms with E-state index >= 15 is 0 Å². The van der Waals surface area contributed by atoms with E-state index in [0.717, 1.165) is 17.7 Å². The van der Waals surface area contributed by atoms with E-state index in [4.69, 9.17) is 20.8 Å². The Kier molecular flexibility index (Phi) is 5.29. The van der Waals surface area contributed by atoms with Crippen LogP contribution in [0.4, 0.5) is 4.39 Å². The van der Waals surface area contributed by atoms with Crippen molar-refractivity contribution >= 4 is 29.4 Å². The summed E-state index contributed by atoms with van der Waals surface area (Å²) in [6.45, 7) is 0. The van der Waals surface area contributed by atoms with E-state index in [1.54, 1.807) is 30.3 Å². The molecule has 0 saturated heterocycles. The molecule has 0 aliphatic rings. The first-order valence-electron chi connectivity index (χ1n) is 7.56. The second kappa shape index (κ2) is 7.80. The summed E-state index contributed by atoms with van der Waals surface area (Å²) in [5.41, 5.74) is 0.670. The van der Waals surface area contributed by atoms with Crippen molar-refractivity contribution in [3.05, 3.63) is 94.7 Å². The number of halogens is 2. The Morgan fingerprint density at radius 2 is 1.85 bits per heavy atom. The molecule has 0 amide bonds. The van der Waals surface area contributed by atoms with E-state index in [2.05, 4.69) is 0 Å². The molecule has 1 heterocycles. The number of carbonyl (C=O) groups excluding carboxylic acids is 2. The minimum atomic E-state index is -0.780. The number of hydrogen-bond donors (Lipinski definition) is 0. The van der Waals surface area contributed by atoms with Gasteiger partial charge in [-0.05, 0) is 54.1 Å². The third-order valence-electron chi connectivity index (χ3n) is 3.43. The van der Waals surface area contributed by atoms with Gasteiger partial charge in [0.25, 0.3) is 0 Å². The molecule has 0 spiro atoms. The average molecular weight is 371 g/mol. The lowest BCUT2D eigenvalue weighted by Gasteiger charge is -2.07. The lowest BCUT2D eigenvalue weighted by Crippen LogP contribution is -2.10.